The van der Waals surface area contributed by atoms with Crippen LogP contribution in [0.1, 0.15) is 83.9 Å². The van der Waals surface area contributed by atoms with Gasteiger partial charge in [-0.3, -0.25) is 4.57 Å². The molecule has 0 fully saturated rings. The fourth-order valence-corrected chi connectivity index (χ4v) is 5.05. The molecule has 3 aromatic carbocycles. The summed E-state index contributed by atoms with van der Waals surface area (Å²) in [5.74, 6) is 2.27. The van der Waals surface area contributed by atoms with Gasteiger partial charge in [0.1, 0.15) is 5.82 Å². The highest BCUT2D eigenvalue weighted by Crippen LogP contribution is 2.42. The van der Waals surface area contributed by atoms with Crippen LogP contribution in [0.2, 0.25) is 0 Å². The fourth-order valence-electron chi connectivity index (χ4n) is 5.05. The normalized spacial score (nSPS) is 12.2. The molecule has 2 heteroatoms. The van der Waals surface area contributed by atoms with E-state index in [0.29, 0.717) is 17.8 Å². The van der Waals surface area contributed by atoms with Gasteiger partial charge in [0.15, 0.2) is 0 Å². The van der Waals surface area contributed by atoms with Gasteiger partial charge in [-0.15, -0.1) is 0 Å². The van der Waals surface area contributed by atoms with E-state index in [4.69, 9.17) is 4.98 Å². The molecule has 0 spiro atoms. The quantitative estimate of drug-likeness (QED) is 0.266. The number of benzene rings is 3. The van der Waals surface area contributed by atoms with Crippen LogP contribution in [0.15, 0.2) is 79.1 Å². The van der Waals surface area contributed by atoms with E-state index in [1.54, 1.807) is 0 Å². The molecule has 0 radical (unpaired) electrons. The van der Waals surface area contributed by atoms with Crippen molar-refractivity contribution in [1.29, 1.82) is 0 Å². The first kappa shape index (κ1) is 25.0. The van der Waals surface area contributed by atoms with Gasteiger partial charge >= 0.3 is 0 Å². The third-order valence-electron chi connectivity index (χ3n) is 7.72. The number of hydrogen-bond acceptors (Lipinski definition) is 1. The van der Waals surface area contributed by atoms with Crippen molar-refractivity contribution in [3.63, 3.8) is 0 Å². The zero-order valence-corrected chi connectivity index (χ0v) is 22.6. The number of rotatable bonds is 7. The molecule has 0 atom stereocenters. The van der Waals surface area contributed by atoms with Crippen LogP contribution in [-0.4, -0.2) is 9.55 Å². The van der Waals surface area contributed by atoms with Crippen LogP contribution >= 0.6 is 0 Å². The molecule has 0 aliphatic carbocycles. The largest absolute Gasteiger partial charge is 0.299 e. The number of imidazole rings is 1. The van der Waals surface area contributed by atoms with Gasteiger partial charge in [-0.1, -0.05) is 122 Å². The van der Waals surface area contributed by atoms with E-state index in [0.717, 1.165) is 5.82 Å². The lowest BCUT2D eigenvalue weighted by atomic mass is 9.73. The molecule has 0 unspecified atom stereocenters. The van der Waals surface area contributed by atoms with E-state index in [1.807, 2.05) is 6.20 Å². The van der Waals surface area contributed by atoms with Crippen molar-refractivity contribution in [3.8, 4) is 28.2 Å². The van der Waals surface area contributed by atoms with Crippen molar-refractivity contribution in [1.82, 2.24) is 9.55 Å². The Balaban J connectivity index is 2.05. The summed E-state index contributed by atoms with van der Waals surface area (Å²) in [5, 5.41) is 0. The van der Waals surface area contributed by atoms with Crippen LogP contribution in [0, 0.1) is 5.92 Å². The number of nitrogens with zero attached hydrogens (tertiary/aromatic N) is 2. The predicted molar refractivity (Wildman–Crippen MR) is 150 cm³/mol. The average molecular weight is 465 g/mol. The Bertz CT molecular complexity index is 1290. The van der Waals surface area contributed by atoms with E-state index in [-0.39, 0.29) is 5.41 Å². The molecule has 0 saturated heterocycles. The van der Waals surface area contributed by atoms with Gasteiger partial charge in [0.25, 0.3) is 0 Å². The first-order chi connectivity index (χ1) is 16.6. The number of hydrogen-bond donors (Lipinski definition) is 0. The third-order valence-corrected chi connectivity index (χ3v) is 7.72. The van der Waals surface area contributed by atoms with Gasteiger partial charge < -0.3 is 0 Å². The van der Waals surface area contributed by atoms with E-state index in [9.17, 15) is 0 Å². The molecule has 1 aromatic heterocycles. The Labute approximate surface area is 212 Å². The fraction of sp³-hybridized carbons (Fsp3) is 0.364. The van der Waals surface area contributed by atoms with Crippen molar-refractivity contribution in [2.75, 3.05) is 0 Å². The van der Waals surface area contributed by atoms with Gasteiger partial charge in [0.05, 0.1) is 5.69 Å². The van der Waals surface area contributed by atoms with Gasteiger partial charge in [-0.05, 0) is 51.0 Å². The minimum atomic E-state index is 0.0288. The average Bonchev–Trinajstić information content (AvgIpc) is 3.33. The predicted octanol–water partition coefficient (Wildman–Crippen LogP) is 9.39. The van der Waals surface area contributed by atoms with Gasteiger partial charge in [0, 0.05) is 18.0 Å². The Kier molecular flexibility index (Phi) is 7.03. The second kappa shape index (κ2) is 9.85. The highest BCUT2D eigenvalue weighted by molar-refractivity contribution is 5.76. The molecule has 4 aromatic rings. The summed E-state index contributed by atoms with van der Waals surface area (Å²) >= 11 is 0. The molecule has 0 amide bonds. The van der Waals surface area contributed by atoms with E-state index >= 15 is 0 Å². The Hall–Kier alpha value is -3.13. The molecule has 1 heterocycles. The van der Waals surface area contributed by atoms with Gasteiger partial charge in [0.2, 0.25) is 0 Å². The zero-order chi connectivity index (χ0) is 25.3. The van der Waals surface area contributed by atoms with Crippen LogP contribution in [-0.2, 0) is 5.41 Å². The lowest BCUT2D eigenvalue weighted by Gasteiger charge is -2.32. The van der Waals surface area contributed by atoms with Crippen LogP contribution in [0.5, 0.6) is 0 Å². The summed E-state index contributed by atoms with van der Waals surface area (Å²) in [4.78, 5) is 4.96. The summed E-state index contributed by atoms with van der Waals surface area (Å²) in [5.41, 5.74) is 9.16. The molecule has 182 valence electrons. The van der Waals surface area contributed by atoms with E-state index in [1.165, 1.54) is 39.1 Å². The summed E-state index contributed by atoms with van der Waals surface area (Å²) in [7, 11) is 0. The van der Waals surface area contributed by atoms with Gasteiger partial charge in [-0.2, -0.15) is 0 Å². The second-order valence-corrected chi connectivity index (χ2v) is 11.2. The Morgan fingerprint density at radius 1 is 0.714 bits per heavy atom. The van der Waals surface area contributed by atoms with Crippen LogP contribution in [0.3, 0.4) is 0 Å². The molecular weight excluding hydrogens is 424 g/mol. The SMILES string of the molecule is CC(C)c1ccc(-c2ccccc2)c(C(C)C)c1-n1ccnc1-c1ccccc1C(C)(C)C(C)C. The third kappa shape index (κ3) is 4.59. The smallest absolute Gasteiger partial charge is 0.144 e. The maximum Gasteiger partial charge on any atom is 0.144 e. The summed E-state index contributed by atoms with van der Waals surface area (Å²) in [6.45, 7) is 18.5. The summed E-state index contributed by atoms with van der Waals surface area (Å²) < 4.78 is 2.35. The molecule has 0 N–H and O–H groups in total. The van der Waals surface area contributed by atoms with E-state index in [2.05, 4.69) is 133 Å². The van der Waals surface area contributed by atoms with Crippen LogP contribution < -0.4 is 0 Å². The highest BCUT2D eigenvalue weighted by atomic mass is 15.1. The van der Waals surface area contributed by atoms with Crippen molar-refractivity contribution < 1.29 is 0 Å². The Morgan fingerprint density at radius 3 is 2.00 bits per heavy atom. The first-order valence-corrected chi connectivity index (χ1v) is 13.0. The number of aromatic nitrogens is 2. The molecule has 35 heavy (non-hydrogen) atoms. The molecule has 0 bridgehead atoms. The molecule has 0 saturated carbocycles. The van der Waals surface area contributed by atoms with Crippen molar-refractivity contribution in [3.05, 3.63) is 95.8 Å². The minimum absolute atomic E-state index is 0.0288. The molecule has 0 aliphatic heterocycles. The zero-order valence-electron chi connectivity index (χ0n) is 22.6. The molecule has 0 aliphatic rings. The van der Waals surface area contributed by atoms with E-state index < -0.39 is 0 Å². The second-order valence-electron chi connectivity index (χ2n) is 11.2. The molecule has 4 rings (SSSR count). The monoisotopic (exact) mass is 464 g/mol. The van der Waals surface area contributed by atoms with Gasteiger partial charge in [-0.25, -0.2) is 4.98 Å². The molecule has 2 nitrogen and oxygen atoms in total. The Morgan fingerprint density at radius 2 is 1.37 bits per heavy atom. The van der Waals surface area contributed by atoms with Crippen molar-refractivity contribution in [2.24, 2.45) is 5.92 Å². The standard InChI is InChI=1S/C33H40N2/c1-22(2)26-18-19-27(25-14-10-9-11-15-25)30(23(3)4)31(26)35-21-20-34-32(35)28-16-12-13-17-29(28)33(7,8)24(5)6/h9-24H,1-8H3. The van der Waals surface area contributed by atoms with Crippen molar-refractivity contribution in [2.45, 2.75) is 72.6 Å². The summed E-state index contributed by atoms with van der Waals surface area (Å²) in [6, 6.07) is 24.2. The molecular formula is C33H40N2. The topological polar surface area (TPSA) is 17.8 Å². The maximum absolute atomic E-state index is 4.96. The van der Waals surface area contributed by atoms with Crippen LogP contribution in [0.25, 0.3) is 28.2 Å². The maximum atomic E-state index is 4.96. The lowest BCUT2D eigenvalue weighted by Crippen LogP contribution is -2.25. The summed E-state index contributed by atoms with van der Waals surface area (Å²) in [6.07, 6.45) is 4.11. The van der Waals surface area contributed by atoms with Crippen LogP contribution in [0.4, 0.5) is 0 Å². The lowest BCUT2D eigenvalue weighted by molar-refractivity contribution is 0.373. The highest BCUT2D eigenvalue weighted by Gasteiger charge is 2.29. The van der Waals surface area contributed by atoms with Crippen molar-refractivity contribution >= 4 is 0 Å². The minimum Gasteiger partial charge on any atom is -0.299 e. The first-order valence-electron chi connectivity index (χ1n) is 13.0.